The maximum atomic E-state index is 11.9. The van der Waals surface area contributed by atoms with Gasteiger partial charge in [0.15, 0.2) is 5.84 Å². The zero-order valence-electron chi connectivity index (χ0n) is 16.3. The van der Waals surface area contributed by atoms with Gasteiger partial charge in [-0.05, 0) is 49.4 Å². The van der Waals surface area contributed by atoms with Crippen LogP contribution in [0.15, 0.2) is 47.6 Å². The highest BCUT2D eigenvalue weighted by atomic mass is 16.5. The highest BCUT2D eigenvalue weighted by molar-refractivity contribution is 5.97. The fourth-order valence-corrected chi connectivity index (χ4v) is 2.60. The fourth-order valence-electron chi connectivity index (χ4n) is 2.60. The lowest BCUT2D eigenvalue weighted by molar-refractivity contribution is -0.307. The van der Waals surface area contributed by atoms with Crippen molar-refractivity contribution in [3.63, 3.8) is 0 Å². The van der Waals surface area contributed by atoms with Gasteiger partial charge in [-0.1, -0.05) is 5.16 Å². The van der Waals surface area contributed by atoms with Crippen LogP contribution in [0.2, 0.25) is 0 Å². The van der Waals surface area contributed by atoms with Gasteiger partial charge in [0, 0.05) is 23.9 Å². The molecular weight excluding hydrogens is 378 g/mol. The molecule has 0 heterocycles. The van der Waals surface area contributed by atoms with Gasteiger partial charge in [-0.15, -0.1) is 0 Å². The predicted octanol–water partition coefficient (Wildman–Crippen LogP) is 1.11. The SMILES string of the molecule is CCOc1ccc(OCCOC)c(C(Nc2ccc(/C(N)=N\O)cc2)C(=O)[O-])c1. The summed E-state index contributed by atoms with van der Waals surface area (Å²) in [7, 11) is 1.55. The second-order valence-corrected chi connectivity index (χ2v) is 5.93. The summed E-state index contributed by atoms with van der Waals surface area (Å²) in [5, 5.41) is 26.5. The quantitative estimate of drug-likeness (QED) is 0.167. The van der Waals surface area contributed by atoms with Crippen molar-refractivity contribution in [2.75, 3.05) is 32.2 Å². The number of nitrogens with zero attached hydrogens (tertiary/aromatic N) is 1. The molecule has 1 atom stereocenters. The monoisotopic (exact) mass is 402 g/mol. The van der Waals surface area contributed by atoms with E-state index in [1.54, 1.807) is 49.6 Å². The number of nitrogens with one attached hydrogen (secondary N) is 1. The van der Waals surface area contributed by atoms with Gasteiger partial charge in [-0.3, -0.25) is 0 Å². The molecule has 0 radical (unpaired) electrons. The van der Waals surface area contributed by atoms with Crippen molar-refractivity contribution in [3.05, 3.63) is 53.6 Å². The van der Waals surface area contributed by atoms with Crippen LogP contribution >= 0.6 is 0 Å². The van der Waals surface area contributed by atoms with Gasteiger partial charge in [0.25, 0.3) is 0 Å². The summed E-state index contributed by atoms with van der Waals surface area (Å²) in [6.07, 6.45) is 0. The van der Waals surface area contributed by atoms with E-state index in [0.717, 1.165) is 0 Å². The molecule has 0 aliphatic heterocycles. The number of carboxylic acids is 1. The Morgan fingerprint density at radius 1 is 1.21 bits per heavy atom. The largest absolute Gasteiger partial charge is 0.548 e. The zero-order chi connectivity index (χ0) is 21.2. The summed E-state index contributed by atoms with van der Waals surface area (Å²) in [5.74, 6) is -0.501. The van der Waals surface area contributed by atoms with Crippen molar-refractivity contribution in [1.82, 2.24) is 0 Å². The third kappa shape index (κ3) is 6.01. The number of carbonyl (C=O) groups excluding carboxylic acids is 1. The molecule has 0 aliphatic carbocycles. The number of carboxylic acid groups (broad SMARTS) is 1. The second kappa shape index (κ2) is 10.8. The molecule has 9 heteroatoms. The van der Waals surface area contributed by atoms with Crippen molar-refractivity contribution in [2.24, 2.45) is 10.9 Å². The number of hydrogen-bond donors (Lipinski definition) is 3. The Kier molecular flexibility index (Phi) is 8.11. The maximum absolute atomic E-state index is 11.9. The van der Waals surface area contributed by atoms with Gasteiger partial charge in [-0.25, -0.2) is 0 Å². The molecule has 0 saturated heterocycles. The number of carbonyl (C=O) groups is 1. The minimum absolute atomic E-state index is 0.0498. The molecule has 2 aromatic rings. The summed E-state index contributed by atoms with van der Waals surface area (Å²) >= 11 is 0. The van der Waals surface area contributed by atoms with Crippen LogP contribution in [0, 0.1) is 0 Å². The van der Waals surface area contributed by atoms with Gasteiger partial charge in [0.1, 0.15) is 18.1 Å². The summed E-state index contributed by atoms with van der Waals surface area (Å²) in [6.45, 7) is 2.87. The van der Waals surface area contributed by atoms with Crippen molar-refractivity contribution in [1.29, 1.82) is 0 Å². The van der Waals surface area contributed by atoms with Crippen LogP contribution in [-0.4, -0.2) is 43.9 Å². The first-order valence-corrected chi connectivity index (χ1v) is 8.94. The Bertz CT molecular complexity index is 839. The van der Waals surface area contributed by atoms with Crippen LogP contribution in [0.25, 0.3) is 0 Å². The lowest BCUT2D eigenvalue weighted by atomic mass is 10.0. The summed E-state index contributed by atoms with van der Waals surface area (Å²) < 4.78 is 16.1. The van der Waals surface area contributed by atoms with E-state index in [1.807, 2.05) is 6.92 Å². The Labute approximate surface area is 168 Å². The Morgan fingerprint density at radius 2 is 1.93 bits per heavy atom. The summed E-state index contributed by atoms with van der Waals surface area (Å²) in [6, 6.07) is 10.2. The molecule has 0 amide bonds. The lowest BCUT2D eigenvalue weighted by Gasteiger charge is -2.24. The molecule has 156 valence electrons. The second-order valence-electron chi connectivity index (χ2n) is 5.93. The van der Waals surface area contributed by atoms with E-state index in [1.165, 1.54) is 0 Å². The van der Waals surface area contributed by atoms with Crippen LogP contribution in [-0.2, 0) is 9.53 Å². The first-order chi connectivity index (χ1) is 14.0. The molecule has 9 nitrogen and oxygen atoms in total. The van der Waals surface area contributed by atoms with Crippen LogP contribution in [0.4, 0.5) is 5.69 Å². The van der Waals surface area contributed by atoms with E-state index in [-0.39, 0.29) is 12.4 Å². The van der Waals surface area contributed by atoms with E-state index < -0.39 is 12.0 Å². The van der Waals surface area contributed by atoms with Gasteiger partial charge >= 0.3 is 0 Å². The van der Waals surface area contributed by atoms with Crippen molar-refractivity contribution >= 4 is 17.5 Å². The number of amidine groups is 1. The number of rotatable bonds is 11. The highest BCUT2D eigenvalue weighted by Gasteiger charge is 2.19. The third-order valence-electron chi connectivity index (χ3n) is 3.98. The molecule has 2 rings (SSSR count). The number of ether oxygens (including phenoxy) is 3. The highest BCUT2D eigenvalue weighted by Crippen LogP contribution is 2.32. The van der Waals surface area contributed by atoms with Gasteiger partial charge in [0.05, 0.1) is 25.2 Å². The lowest BCUT2D eigenvalue weighted by Crippen LogP contribution is -2.34. The molecule has 4 N–H and O–H groups in total. The molecule has 0 fully saturated rings. The van der Waals surface area contributed by atoms with E-state index in [0.29, 0.717) is 41.5 Å². The number of benzene rings is 2. The number of anilines is 1. The number of nitrogens with two attached hydrogens (primary N) is 1. The average molecular weight is 402 g/mol. The first-order valence-electron chi connectivity index (χ1n) is 8.94. The molecule has 29 heavy (non-hydrogen) atoms. The number of methoxy groups -OCH3 is 1. The van der Waals surface area contributed by atoms with Crippen molar-refractivity contribution in [3.8, 4) is 11.5 Å². The number of oxime groups is 1. The van der Waals surface area contributed by atoms with Gasteiger partial charge < -0.3 is 40.4 Å². The predicted molar refractivity (Wildman–Crippen MR) is 105 cm³/mol. The molecule has 0 aliphatic rings. The van der Waals surface area contributed by atoms with E-state index in [2.05, 4.69) is 10.5 Å². The topological polar surface area (TPSA) is 138 Å². The van der Waals surface area contributed by atoms with Crippen LogP contribution in [0.5, 0.6) is 11.5 Å². The molecule has 0 saturated carbocycles. The smallest absolute Gasteiger partial charge is 0.170 e. The van der Waals surface area contributed by atoms with Crippen LogP contribution in [0.3, 0.4) is 0 Å². The third-order valence-corrected chi connectivity index (χ3v) is 3.98. The molecule has 0 aromatic heterocycles. The summed E-state index contributed by atoms with van der Waals surface area (Å²) in [4.78, 5) is 11.9. The zero-order valence-corrected chi connectivity index (χ0v) is 16.3. The molecular formula is C20H24N3O6-. The normalized spacial score (nSPS) is 12.3. The maximum Gasteiger partial charge on any atom is 0.170 e. The van der Waals surface area contributed by atoms with Crippen molar-refractivity contribution in [2.45, 2.75) is 13.0 Å². The van der Waals surface area contributed by atoms with E-state index >= 15 is 0 Å². The van der Waals surface area contributed by atoms with E-state index in [4.69, 9.17) is 25.2 Å². The van der Waals surface area contributed by atoms with Gasteiger partial charge in [-0.2, -0.15) is 0 Å². The average Bonchev–Trinajstić information content (AvgIpc) is 2.73. The number of aliphatic carboxylic acids is 1. The Hall–Kier alpha value is -3.46. The molecule has 0 bridgehead atoms. The van der Waals surface area contributed by atoms with Crippen LogP contribution in [0.1, 0.15) is 24.1 Å². The van der Waals surface area contributed by atoms with Crippen LogP contribution < -0.4 is 25.6 Å². The molecule has 0 spiro atoms. The molecule has 1 unspecified atom stereocenters. The minimum atomic E-state index is -1.34. The minimum Gasteiger partial charge on any atom is -0.548 e. The number of hydrogen-bond acceptors (Lipinski definition) is 8. The Morgan fingerprint density at radius 3 is 2.52 bits per heavy atom. The molecule has 2 aromatic carbocycles. The first kappa shape index (κ1) is 21.8. The summed E-state index contributed by atoms with van der Waals surface area (Å²) in [5.41, 5.74) is 6.89. The van der Waals surface area contributed by atoms with Gasteiger partial charge in [0.2, 0.25) is 0 Å². The fraction of sp³-hybridized carbons (Fsp3) is 0.300. The van der Waals surface area contributed by atoms with E-state index in [9.17, 15) is 9.90 Å². The standard InChI is InChI=1S/C20H25N3O6/c1-3-28-15-8-9-17(29-11-10-27-2)16(12-15)18(20(24)25)22-14-6-4-13(5-7-14)19(21)23-26/h4-9,12,18,22,26H,3,10-11H2,1-2H3,(H2,21,23)(H,24,25)/p-1. The Balaban J connectivity index is 2.34. The van der Waals surface area contributed by atoms with Crippen molar-refractivity contribution < 1.29 is 29.3 Å².